The number of hydrogen-bond acceptors (Lipinski definition) is 3. The van der Waals surface area contributed by atoms with Crippen LogP contribution in [0.2, 0.25) is 0 Å². The molecule has 0 spiro atoms. The molecule has 1 heterocycles. The Morgan fingerprint density at radius 2 is 1.59 bits per heavy atom. The fourth-order valence-corrected chi connectivity index (χ4v) is 4.74. The van der Waals surface area contributed by atoms with Gasteiger partial charge in [-0.25, -0.2) is 17.1 Å². The van der Waals surface area contributed by atoms with Gasteiger partial charge >= 0.3 is 0 Å². The maximum atomic E-state index is 14.5. The molecule has 0 bridgehead atoms. The van der Waals surface area contributed by atoms with Crippen LogP contribution in [0.3, 0.4) is 0 Å². The molecule has 2 unspecified atom stereocenters. The van der Waals surface area contributed by atoms with Gasteiger partial charge in [-0.1, -0.05) is 6.07 Å². The molecule has 1 aliphatic rings. The van der Waals surface area contributed by atoms with Crippen molar-refractivity contribution >= 4 is 33.3 Å². The van der Waals surface area contributed by atoms with E-state index in [0.717, 1.165) is 32.4 Å². The van der Waals surface area contributed by atoms with E-state index >= 15 is 0 Å². The Kier molecular flexibility index (Phi) is 6.62. The predicted octanol–water partition coefficient (Wildman–Crippen LogP) is 3.53. The summed E-state index contributed by atoms with van der Waals surface area (Å²) < 4.78 is 43.8. The van der Waals surface area contributed by atoms with Gasteiger partial charge in [0.15, 0.2) is 0 Å². The van der Waals surface area contributed by atoms with E-state index in [1.807, 2.05) is 4.90 Å². The molecule has 2 atom stereocenters. The zero-order valence-electron chi connectivity index (χ0n) is 15.5. The second-order valence-corrected chi connectivity index (χ2v) is 9.50. The summed E-state index contributed by atoms with van der Waals surface area (Å²) in [7, 11) is 0.671. The lowest BCUT2D eigenvalue weighted by Gasteiger charge is -2.30. The number of anilines is 2. The fourth-order valence-electron chi connectivity index (χ4n) is 3.09. The average molecular weight is 410 g/mol. The van der Waals surface area contributed by atoms with E-state index in [-0.39, 0.29) is 5.82 Å². The highest BCUT2D eigenvalue weighted by atomic mass is 32.2. The SMILES string of the molecule is CN(C)S(=O)c1ccc(S(=O)Nc2cccc(F)c2N2CCCCC2)cc1. The van der Waals surface area contributed by atoms with Crippen molar-refractivity contribution in [3.05, 3.63) is 48.3 Å². The minimum Gasteiger partial charge on any atom is -0.367 e. The van der Waals surface area contributed by atoms with Gasteiger partial charge < -0.3 is 4.90 Å². The van der Waals surface area contributed by atoms with Gasteiger partial charge in [0.1, 0.15) is 27.8 Å². The highest BCUT2D eigenvalue weighted by Gasteiger charge is 2.20. The number of nitrogens with one attached hydrogen (secondary N) is 1. The zero-order chi connectivity index (χ0) is 19.4. The van der Waals surface area contributed by atoms with Crippen molar-refractivity contribution in [2.45, 2.75) is 29.1 Å². The van der Waals surface area contributed by atoms with Crippen molar-refractivity contribution in [1.82, 2.24) is 4.31 Å². The number of rotatable bonds is 6. The third kappa shape index (κ3) is 4.75. The van der Waals surface area contributed by atoms with E-state index in [1.54, 1.807) is 54.8 Å². The van der Waals surface area contributed by atoms with Crippen molar-refractivity contribution in [1.29, 1.82) is 0 Å². The largest absolute Gasteiger partial charge is 0.367 e. The Bertz CT molecular complexity index is 837. The lowest BCUT2D eigenvalue weighted by molar-refractivity contribution is 0.558. The van der Waals surface area contributed by atoms with Crippen LogP contribution in [0.25, 0.3) is 0 Å². The van der Waals surface area contributed by atoms with Crippen LogP contribution in [-0.2, 0) is 22.0 Å². The Hall–Kier alpha value is -1.77. The second-order valence-electron chi connectivity index (χ2n) is 6.59. The fraction of sp³-hybridized carbons (Fsp3) is 0.368. The topological polar surface area (TPSA) is 52.7 Å². The summed E-state index contributed by atoms with van der Waals surface area (Å²) >= 11 is 0. The summed E-state index contributed by atoms with van der Waals surface area (Å²) in [5.74, 6) is -0.310. The highest BCUT2D eigenvalue weighted by Crippen LogP contribution is 2.32. The molecule has 1 aliphatic heterocycles. The van der Waals surface area contributed by atoms with Crippen LogP contribution in [-0.4, -0.2) is 39.9 Å². The van der Waals surface area contributed by atoms with Crippen LogP contribution in [0.4, 0.5) is 15.8 Å². The number of para-hydroxylation sites is 1. The first-order chi connectivity index (χ1) is 13.0. The summed E-state index contributed by atoms with van der Waals surface area (Å²) in [6.07, 6.45) is 3.21. The van der Waals surface area contributed by atoms with E-state index in [1.165, 1.54) is 6.07 Å². The molecule has 0 radical (unpaired) electrons. The van der Waals surface area contributed by atoms with Crippen LogP contribution in [0.1, 0.15) is 19.3 Å². The van der Waals surface area contributed by atoms with Gasteiger partial charge in [0.2, 0.25) is 0 Å². The molecule has 146 valence electrons. The maximum Gasteiger partial charge on any atom is 0.150 e. The third-order valence-corrected chi connectivity index (χ3v) is 6.88. The first-order valence-electron chi connectivity index (χ1n) is 8.88. The number of benzene rings is 2. The molecule has 2 aromatic rings. The van der Waals surface area contributed by atoms with Gasteiger partial charge in [0.05, 0.1) is 21.2 Å². The molecular formula is C19H24FN3O2S2. The van der Waals surface area contributed by atoms with E-state index in [0.29, 0.717) is 21.2 Å². The molecule has 0 amide bonds. The second kappa shape index (κ2) is 8.95. The van der Waals surface area contributed by atoms with Crippen molar-refractivity contribution in [2.24, 2.45) is 0 Å². The maximum absolute atomic E-state index is 14.5. The molecule has 2 aromatic carbocycles. The molecule has 1 fully saturated rings. The molecule has 0 saturated carbocycles. The summed E-state index contributed by atoms with van der Waals surface area (Å²) in [5, 5.41) is 0. The number of nitrogens with zero attached hydrogens (tertiary/aromatic N) is 2. The number of halogens is 1. The van der Waals surface area contributed by atoms with Crippen molar-refractivity contribution in [3.8, 4) is 0 Å². The number of hydrogen-bond donors (Lipinski definition) is 1. The third-order valence-electron chi connectivity index (χ3n) is 4.43. The number of piperidine rings is 1. The van der Waals surface area contributed by atoms with Crippen LogP contribution in [0, 0.1) is 5.82 Å². The van der Waals surface area contributed by atoms with Gasteiger partial charge in [-0.15, -0.1) is 0 Å². The van der Waals surface area contributed by atoms with E-state index in [2.05, 4.69) is 4.72 Å². The molecule has 8 heteroatoms. The van der Waals surface area contributed by atoms with Gasteiger partial charge in [-0.05, 0) is 69.8 Å². The Labute approximate surface area is 164 Å². The van der Waals surface area contributed by atoms with Crippen molar-refractivity contribution < 1.29 is 12.8 Å². The van der Waals surface area contributed by atoms with Crippen LogP contribution in [0.15, 0.2) is 52.3 Å². The first-order valence-corrected chi connectivity index (χ1v) is 11.1. The smallest absolute Gasteiger partial charge is 0.150 e. The predicted molar refractivity (Wildman–Crippen MR) is 109 cm³/mol. The van der Waals surface area contributed by atoms with E-state index in [9.17, 15) is 12.8 Å². The highest BCUT2D eigenvalue weighted by molar-refractivity contribution is 7.86. The molecule has 5 nitrogen and oxygen atoms in total. The minimum atomic E-state index is -1.55. The van der Waals surface area contributed by atoms with Crippen molar-refractivity contribution in [3.63, 3.8) is 0 Å². The van der Waals surface area contributed by atoms with Crippen molar-refractivity contribution in [2.75, 3.05) is 36.8 Å². The van der Waals surface area contributed by atoms with Gasteiger partial charge in [-0.3, -0.25) is 4.72 Å². The normalized spacial score (nSPS) is 17.0. The molecule has 1 saturated heterocycles. The van der Waals surface area contributed by atoms with Gasteiger partial charge in [0, 0.05) is 13.1 Å². The minimum absolute atomic E-state index is 0.310. The average Bonchev–Trinajstić information content (AvgIpc) is 2.68. The lowest BCUT2D eigenvalue weighted by atomic mass is 10.1. The molecular weight excluding hydrogens is 385 g/mol. The Balaban J connectivity index is 1.80. The van der Waals surface area contributed by atoms with E-state index < -0.39 is 22.0 Å². The summed E-state index contributed by atoms with van der Waals surface area (Å²) in [6.45, 7) is 1.60. The van der Waals surface area contributed by atoms with Gasteiger partial charge in [0.25, 0.3) is 0 Å². The summed E-state index contributed by atoms with van der Waals surface area (Å²) in [4.78, 5) is 3.20. The molecule has 0 aliphatic carbocycles. The molecule has 27 heavy (non-hydrogen) atoms. The zero-order valence-corrected chi connectivity index (χ0v) is 17.1. The monoisotopic (exact) mass is 409 g/mol. The van der Waals surface area contributed by atoms with Crippen LogP contribution >= 0.6 is 0 Å². The molecule has 1 N–H and O–H groups in total. The van der Waals surface area contributed by atoms with Gasteiger partial charge in [-0.2, -0.15) is 0 Å². The Morgan fingerprint density at radius 3 is 2.22 bits per heavy atom. The van der Waals surface area contributed by atoms with Crippen LogP contribution in [0.5, 0.6) is 0 Å². The Morgan fingerprint density at radius 1 is 0.963 bits per heavy atom. The quantitative estimate of drug-likeness (QED) is 0.794. The first kappa shape index (κ1) is 20.0. The summed E-state index contributed by atoms with van der Waals surface area (Å²) in [6, 6.07) is 11.6. The standard InChI is InChI=1S/C19H24FN3O2S2/c1-22(2)27(25)16-11-9-15(10-12-16)26(24)21-18-8-6-7-17(20)19(18)23-13-4-3-5-14-23/h6-12,21H,3-5,13-14H2,1-2H3. The molecule has 3 rings (SSSR count). The van der Waals surface area contributed by atoms with Crippen LogP contribution < -0.4 is 9.62 Å². The summed E-state index contributed by atoms with van der Waals surface area (Å²) in [5.41, 5.74) is 1.01. The lowest BCUT2D eigenvalue weighted by Crippen LogP contribution is -2.31. The van der Waals surface area contributed by atoms with E-state index in [4.69, 9.17) is 0 Å². The molecule has 0 aromatic heterocycles.